The topological polar surface area (TPSA) is 26.3 Å². The second-order valence-corrected chi connectivity index (χ2v) is 5.57. The molecule has 0 aliphatic heterocycles. The van der Waals surface area contributed by atoms with Crippen molar-refractivity contribution in [3.8, 4) is 0 Å². The van der Waals surface area contributed by atoms with Crippen molar-refractivity contribution in [2.24, 2.45) is 5.92 Å². The lowest BCUT2D eigenvalue weighted by molar-refractivity contribution is -0.144. The van der Waals surface area contributed by atoms with Crippen LogP contribution in [0.5, 0.6) is 0 Å². The lowest BCUT2D eigenvalue weighted by atomic mass is 9.92. The molecule has 0 spiro atoms. The molecule has 2 nitrogen and oxygen atoms in total. The second kappa shape index (κ2) is 13.9. The quantitative estimate of drug-likeness (QED) is 0.326. The minimum atomic E-state index is -0.00140. The Hall–Kier alpha value is -0.530. The normalized spacial score (nSPS) is 10.9. The number of esters is 1. The van der Waals surface area contributed by atoms with Gasteiger partial charge in [-0.3, -0.25) is 4.79 Å². The highest BCUT2D eigenvalue weighted by atomic mass is 16.5. The third-order valence-electron chi connectivity index (χ3n) is 3.69. The first kappa shape index (κ1) is 18.5. The van der Waals surface area contributed by atoms with Gasteiger partial charge in [0.15, 0.2) is 0 Å². The Morgan fingerprint density at radius 1 is 0.842 bits per heavy atom. The molecule has 0 fully saturated rings. The van der Waals surface area contributed by atoms with Crippen molar-refractivity contribution < 1.29 is 9.53 Å². The van der Waals surface area contributed by atoms with Crippen LogP contribution in [0.1, 0.15) is 91.4 Å². The molecule has 0 atom stereocenters. The fourth-order valence-electron chi connectivity index (χ4n) is 2.52. The lowest BCUT2D eigenvalue weighted by Gasteiger charge is -2.16. The summed E-state index contributed by atoms with van der Waals surface area (Å²) in [5.41, 5.74) is 0. The van der Waals surface area contributed by atoms with E-state index < -0.39 is 0 Å². The average molecular weight is 270 g/mol. The Morgan fingerprint density at radius 2 is 1.37 bits per heavy atom. The minimum Gasteiger partial charge on any atom is -0.466 e. The number of rotatable bonds is 13. The van der Waals surface area contributed by atoms with Gasteiger partial charge in [-0.05, 0) is 25.7 Å². The number of hydrogen-bond donors (Lipinski definition) is 0. The van der Waals surface area contributed by atoms with Crippen LogP contribution in [0.2, 0.25) is 0 Å². The molecular formula is C17H34O2. The molecule has 0 amide bonds. The Labute approximate surface area is 120 Å². The SMILES string of the molecule is CCCCCCC(CCCCCC)CC(=O)OCC. The van der Waals surface area contributed by atoms with Gasteiger partial charge < -0.3 is 4.74 Å². The van der Waals surface area contributed by atoms with Crippen molar-refractivity contribution in [3.05, 3.63) is 0 Å². The van der Waals surface area contributed by atoms with Gasteiger partial charge in [-0.2, -0.15) is 0 Å². The van der Waals surface area contributed by atoms with Crippen LogP contribution < -0.4 is 0 Å². The highest BCUT2D eigenvalue weighted by Crippen LogP contribution is 2.22. The molecule has 0 aromatic heterocycles. The van der Waals surface area contributed by atoms with Gasteiger partial charge in [0.2, 0.25) is 0 Å². The largest absolute Gasteiger partial charge is 0.466 e. The lowest BCUT2D eigenvalue weighted by Crippen LogP contribution is -2.12. The molecule has 2 heteroatoms. The summed E-state index contributed by atoms with van der Waals surface area (Å²) in [5.74, 6) is 0.547. The first-order valence-corrected chi connectivity index (χ1v) is 8.40. The van der Waals surface area contributed by atoms with Crippen LogP contribution in [0.15, 0.2) is 0 Å². The Balaban J connectivity index is 3.88. The fraction of sp³-hybridized carbons (Fsp3) is 0.941. The van der Waals surface area contributed by atoms with Crippen LogP contribution in [0, 0.1) is 5.92 Å². The molecule has 0 bridgehead atoms. The van der Waals surface area contributed by atoms with E-state index in [9.17, 15) is 4.79 Å². The van der Waals surface area contributed by atoms with E-state index in [0.717, 1.165) is 0 Å². The molecule has 0 rings (SSSR count). The molecule has 0 radical (unpaired) electrons. The van der Waals surface area contributed by atoms with Crippen molar-refractivity contribution in [3.63, 3.8) is 0 Å². The molecule has 0 unspecified atom stereocenters. The monoisotopic (exact) mass is 270 g/mol. The fourth-order valence-corrected chi connectivity index (χ4v) is 2.52. The van der Waals surface area contributed by atoms with Gasteiger partial charge in [0.05, 0.1) is 6.61 Å². The summed E-state index contributed by atoms with van der Waals surface area (Å²) in [4.78, 5) is 11.6. The van der Waals surface area contributed by atoms with E-state index in [1.54, 1.807) is 0 Å². The molecule has 0 saturated heterocycles. The zero-order valence-corrected chi connectivity index (χ0v) is 13.4. The highest BCUT2D eigenvalue weighted by molar-refractivity contribution is 5.69. The van der Waals surface area contributed by atoms with Crippen molar-refractivity contribution in [1.82, 2.24) is 0 Å². The summed E-state index contributed by atoms with van der Waals surface area (Å²) in [6.07, 6.45) is 13.4. The summed E-state index contributed by atoms with van der Waals surface area (Å²) in [6, 6.07) is 0. The third kappa shape index (κ3) is 12.3. The molecule has 0 aromatic carbocycles. The van der Waals surface area contributed by atoms with Gasteiger partial charge >= 0.3 is 5.97 Å². The Kier molecular flexibility index (Phi) is 13.5. The standard InChI is InChI=1S/C17H34O2/c1-4-7-9-11-13-16(14-12-10-8-5-2)15-17(18)19-6-3/h16H,4-15H2,1-3H3. The molecule has 0 aliphatic carbocycles. The predicted octanol–water partition coefficient (Wildman–Crippen LogP) is 5.50. The molecule has 19 heavy (non-hydrogen) atoms. The van der Waals surface area contributed by atoms with Gasteiger partial charge in [-0.15, -0.1) is 0 Å². The maximum Gasteiger partial charge on any atom is 0.306 e. The van der Waals surface area contributed by atoms with Crippen LogP contribution in [-0.4, -0.2) is 12.6 Å². The third-order valence-corrected chi connectivity index (χ3v) is 3.69. The van der Waals surface area contributed by atoms with E-state index in [2.05, 4.69) is 13.8 Å². The summed E-state index contributed by atoms with van der Waals surface area (Å²) in [7, 11) is 0. The van der Waals surface area contributed by atoms with E-state index in [1.807, 2.05) is 6.92 Å². The van der Waals surface area contributed by atoms with Crippen molar-refractivity contribution in [2.75, 3.05) is 6.61 Å². The molecule has 0 aliphatic rings. The van der Waals surface area contributed by atoms with Crippen molar-refractivity contribution >= 4 is 5.97 Å². The van der Waals surface area contributed by atoms with E-state index in [0.29, 0.717) is 18.9 Å². The van der Waals surface area contributed by atoms with Crippen LogP contribution >= 0.6 is 0 Å². The van der Waals surface area contributed by atoms with Gasteiger partial charge in [-0.25, -0.2) is 0 Å². The number of unbranched alkanes of at least 4 members (excludes halogenated alkanes) is 6. The van der Waals surface area contributed by atoms with E-state index in [-0.39, 0.29) is 5.97 Å². The zero-order chi connectivity index (χ0) is 14.3. The molecule has 0 heterocycles. The van der Waals surface area contributed by atoms with E-state index in [1.165, 1.54) is 64.2 Å². The molecule has 0 saturated carbocycles. The maximum atomic E-state index is 11.6. The first-order chi connectivity index (χ1) is 9.24. The van der Waals surface area contributed by atoms with Crippen molar-refractivity contribution in [1.29, 1.82) is 0 Å². The second-order valence-electron chi connectivity index (χ2n) is 5.57. The molecular weight excluding hydrogens is 236 g/mol. The van der Waals surface area contributed by atoms with Gasteiger partial charge in [0, 0.05) is 6.42 Å². The van der Waals surface area contributed by atoms with Crippen LogP contribution in [-0.2, 0) is 9.53 Å². The van der Waals surface area contributed by atoms with Crippen LogP contribution in [0.25, 0.3) is 0 Å². The molecule has 0 aromatic rings. The first-order valence-electron chi connectivity index (χ1n) is 8.40. The summed E-state index contributed by atoms with van der Waals surface area (Å²) in [5, 5.41) is 0. The van der Waals surface area contributed by atoms with Gasteiger partial charge in [0.1, 0.15) is 0 Å². The smallest absolute Gasteiger partial charge is 0.306 e. The summed E-state index contributed by atoms with van der Waals surface area (Å²) >= 11 is 0. The Bertz CT molecular complexity index is 189. The van der Waals surface area contributed by atoms with Gasteiger partial charge in [-0.1, -0.05) is 65.2 Å². The zero-order valence-electron chi connectivity index (χ0n) is 13.4. The Morgan fingerprint density at radius 3 is 1.79 bits per heavy atom. The highest BCUT2D eigenvalue weighted by Gasteiger charge is 2.14. The average Bonchev–Trinajstić information content (AvgIpc) is 2.39. The number of carbonyl (C=O) groups excluding carboxylic acids is 1. The van der Waals surface area contributed by atoms with Crippen molar-refractivity contribution in [2.45, 2.75) is 91.4 Å². The molecule has 0 N–H and O–H groups in total. The predicted molar refractivity (Wildman–Crippen MR) is 82.3 cm³/mol. The summed E-state index contributed by atoms with van der Waals surface area (Å²) in [6.45, 7) is 6.87. The van der Waals surface area contributed by atoms with Crippen LogP contribution in [0.4, 0.5) is 0 Å². The van der Waals surface area contributed by atoms with E-state index in [4.69, 9.17) is 4.74 Å². The maximum absolute atomic E-state index is 11.6. The number of carbonyl (C=O) groups is 1. The number of hydrogen-bond acceptors (Lipinski definition) is 2. The van der Waals surface area contributed by atoms with Gasteiger partial charge in [0.25, 0.3) is 0 Å². The minimum absolute atomic E-state index is 0.00140. The van der Waals surface area contributed by atoms with E-state index >= 15 is 0 Å². The molecule has 114 valence electrons. The number of ether oxygens (including phenoxy) is 1. The summed E-state index contributed by atoms with van der Waals surface area (Å²) < 4.78 is 5.09. The van der Waals surface area contributed by atoms with Crippen LogP contribution in [0.3, 0.4) is 0 Å².